The third-order valence-corrected chi connectivity index (χ3v) is 9.76. The molecule has 4 aromatic carbocycles. The van der Waals surface area contributed by atoms with E-state index in [2.05, 4.69) is 5.32 Å². The standard InChI is InChI=1S/C37H42ClN3O6S/c1-26(2)23-39-37(43)33(21-28-10-7-6-8-11-28)40(24-29-12-9-13-30(38)20-29)36(42)25-41(31-16-19-34(46-4)35(22-31)47-5)48(44,45)32-17-14-27(3)15-18-32/h6-20,22,26,33H,21,23-25H2,1-5H3,(H,39,43)/t33-/m1/s1. The van der Waals surface area contributed by atoms with Crippen LogP contribution >= 0.6 is 11.6 Å². The molecule has 0 aromatic heterocycles. The number of amides is 2. The third kappa shape index (κ3) is 9.29. The van der Waals surface area contributed by atoms with E-state index in [0.29, 0.717) is 22.9 Å². The molecule has 2 amide bonds. The summed E-state index contributed by atoms with van der Waals surface area (Å²) >= 11 is 6.33. The van der Waals surface area contributed by atoms with Gasteiger partial charge < -0.3 is 19.7 Å². The predicted octanol–water partition coefficient (Wildman–Crippen LogP) is 6.27. The maximum atomic E-state index is 14.7. The van der Waals surface area contributed by atoms with Crippen LogP contribution in [0.15, 0.2) is 102 Å². The van der Waals surface area contributed by atoms with Gasteiger partial charge in [0, 0.05) is 30.6 Å². The largest absolute Gasteiger partial charge is 0.493 e. The zero-order valence-electron chi connectivity index (χ0n) is 27.9. The Morgan fingerprint density at radius 1 is 0.833 bits per heavy atom. The molecule has 0 unspecified atom stereocenters. The minimum Gasteiger partial charge on any atom is -0.493 e. The molecule has 0 saturated carbocycles. The summed E-state index contributed by atoms with van der Waals surface area (Å²) in [6, 6.07) is 26.5. The van der Waals surface area contributed by atoms with Crippen LogP contribution in [0.1, 0.15) is 30.5 Å². The highest BCUT2D eigenvalue weighted by Gasteiger charge is 2.35. The maximum absolute atomic E-state index is 14.7. The van der Waals surface area contributed by atoms with Crippen LogP contribution in [0.4, 0.5) is 5.69 Å². The lowest BCUT2D eigenvalue weighted by molar-refractivity contribution is -0.140. The third-order valence-electron chi connectivity index (χ3n) is 7.74. The first-order chi connectivity index (χ1) is 22.9. The molecule has 0 heterocycles. The van der Waals surface area contributed by atoms with E-state index in [-0.39, 0.29) is 41.1 Å². The van der Waals surface area contributed by atoms with Gasteiger partial charge in [-0.05, 0) is 60.4 Å². The number of carbonyl (C=O) groups is 2. The van der Waals surface area contributed by atoms with E-state index in [0.717, 1.165) is 15.4 Å². The van der Waals surface area contributed by atoms with Crippen molar-refractivity contribution in [2.75, 3.05) is 31.6 Å². The van der Waals surface area contributed by atoms with Crippen LogP contribution in [-0.2, 0) is 32.6 Å². The van der Waals surface area contributed by atoms with Crippen LogP contribution in [0.25, 0.3) is 0 Å². The summed E-state index contributed by atoms with van der Waals surface area (Å²) in [7, 11) is -1.36. The van der Waals surface area contributed by atoms with E-state index < -0.39 is 28.5 Å². The molecule has 11 heteroatoms. The van der Waals surface area contributed by atoms with E-state index in [1.165, 1.54) is 37.3 Å². The fourth-order valence-electron chi connectivity index (χ4n) is 5.15. The predicted molar refractivity (Wildman–Crippen MR) is 189 cm³/mol. The summed E-state index contributed by atoms with van der Waals surface area (Å²) in [5.41, 5.74) is 2.60. The summed E-state index contributed by atoms with van der Waals surface area (Å²) < 4.78 is 40.5. The second-order valence-electron chi connectivity index (χ2n) is 11.9. The summed E-state index contributed by atoms with van der Waals surface area (Å²) in [6.45, 7) is 5.64. The highest BCUT2D eigenvalue weighted by Crippen LogP contribution is 2.34. The van der Waals surface area contributed by atoms with Crippen molar-refractivity contribution in [2.24, 2.45) is 5.92 Å². The molecule has 4 aromatic rings. The minimum absolute atomic E-state index is 0.00703. The fourth-order valence-corrected chi connectivity index (χ4v) is 6.77. The number of halogens is 1. The number of hydrogen-bond donors (Lipinski definition) is 1. The molecule has 1 atom stereocenters. The first-order valence-corrected chi connectivity index (χ1v) is 17.4. The molecule has 4 rings (SSSR count). The topological polar surface area (TPSA) is 105 Å². The Labute approximate surface area is 288 Å². The van der Waals surface area contributed by atoms with Gasteiger partial charge in [0.1, 0.15) is 12.6 Å². The second-order valence-corrected chi connectivity index (χ2v) is 14.2. The Kier molecular flexibility index (Phi) is 12.5. The Morgan fingerprint density at radius 3 is 2.12 bits per heavy atom. The number of carbonyl (C=O) groups excluding carboxylic acids is 2. The summed E-state index contributed by atoms with van der Waals surface area (Å²) in [6.07, 6.45) is 0.206. The lowest BCUT2D eigenvalue weighted by atomic mass is 10.0. The molecule has 0 radical (unpaired) electrons. The van der Waals surface area contributed by atoms with Gasteiger partial charge in [-0.3, -0.25) is 13.9 Å². The van der Waals surface area contributed by atoms with Gasteiger partial charge in [0.25, 0.3) is 10.0 Å². The number of methoxy groups -OCH3 is 2. The summed E-state index contributed by atoms with van der Waals surface area (Å²) in [5, 5.41) is 3.46. The average molecular weight is 692 g/mol. The second kappa shape index (κ2) is 16.5. The molecule has 48 heavy (non-hydrogen) atoms. The van der Waals surface area contributed by atoms with Crippen molar-refractivity contribution in [3.05, 3.63) is 119 Å². The van der Waals surface area contributed by atoms with Gasteiger partial charge in [0.2, 0.25) is 11.8 Å². The van der Waals surface area contributed by atoms with E-state index in [9.17, 15) is 18.0 Å². The molecule has 0 spiro atoms. The Balaban J connectivity index is 1.84. The van der Waals surface area contributed by atoms with Crippen molar-refractivity contribution in [3.8, 4) is 11.5 Å². The molecular formula is C37H42ClN3O6S. The van der Waals surface area contributed by atoms with Crippen LogP contribution in [0, 0.1) is 12.8 Å². The fraction of sp³-hybridized carbons (Fsp3) is 0.297. The van der Waals surface area contributed by atoms with Crippen molar-refractivity contribution in [3.63, 3.8) is 0 Å². The highest BCUT2D eigenvalue weighted by molar-refractivity contribution is 7.92. The molecule has 0 aliphatic heterocycles. The molecule has 0 aliphatic carbocycles. The number of sulfonamides is 1. The Morgan fingerprint density at radius 2 is 1.50 bits per heavy atom. The first kappa shape index (κ1) is 36.3. The van der Waals surface area contributed by atoms with Crippen LogP contribution in [0.3, 0.4) is 0 Å². The SMILES string of the molecule is COc1ccc(N(CC(=O)N(Cc2cccc(Cl)c2)[C@H](Cc2ccccc2)C(=O)NCC(C)C)S(=O)(=O)c2ccc(C)cc2)cc1OC. The molecule has 0 fully saturated rings. The van der Waals surface area contributed by atoms with Gasteiger partial charge in [-0.2, -0.15) is 0 Å². The lowest BCUT2D eigenvalue weighted by Gasteiger charge is -2.34. The zero-order valence-corrected chi connectivity index (χ0v) is 29.4. The summed E-state index contributed by atoms with van der Waals surface area (Å²) in [5.74, 6) is -0.0726. The monoisotopic (exact) mass is 691 g/mol. The number of nitrogens with one attached hydrogen (secondary N) is 1. The number of nitrogens with zero attached hydrogens (tertiary/aromatic N) is 2. The van der Waals surface area contributed by atoms with Crippen LogP contribution in [0.2, 0.25) is 5.02 Å². The average Bonchev–Trinajstić information content (AvgIpc) is 3.07. The van der Waals surface area contributed by atoms with Crippen molar-refractivity contribution in [1.29, 1.82) is 0 Å². The van der Waals surface area contributed by atoms with E-state index in [1.807, 2.05) is 57.2 Å². The number of rotatable bonds is 15. The maximum Gasteiger partial charge on any atom is 0.264 e. The number of aryl methyl sites for hydroxylation is 1. The number of benzene rings is 4. The van der Waals surface area contributed by atoms with Crippen LogP contribution < -0.4 is 19.1 Å². The molecule has 0 aliphatic rings. The number of ether oxygens (including phenoxy) is 2. The smallest absolute Gasteiger partial charge is 0.264 e. The molecule has 0 bridgehead atoms. The van der Waals surface area contributed by atoms with Gasteiger partial charge in [0.05, 0.1) is 24.8 Å². The molecular weight excluding hydrogens is 650 g/mol. The van der Waals surface area contributed by atoms with E-state index >= 15 is 0 Å². The number of anilines is 1. The molecule has 0 saturated heterocycles. The quantitative estimate of drug-likeness (QED) is 0.158. The van der Waals surface area contributed by atoms with Crippen LogP contribution in [0.5, 0.6) is 11.5 Å². The summed E-state index contributed by atoms with van der Waals surface area (Å²) in [4.78, 5) is 30.0. The van der Waals surface area contributed by atoms with Gasteiger partial charge in [-0.15, -0.1) is 0 Å². The Hall–Kier alpha value is -4.54. The van der Waals surface area contributed by atoms with Gasteiger partial charge in [0.15, 0.2) is 11.5 Å². The van der Waals surface area contributed by atoms with E-state index in [1.54, 1.807) is 42.5 Å². The zero-order chi connectivity index (χ0) is 34.8. The van der Waals surface area contributed by atoms with E-state index in [4.69, 9.17) is 21.1 Å². The lowest BCUT2D eigenvalue weighted by Crippen LogP contribution is -2.53. The molecule has 9 nitrogen and oxygen atoms in total. The van der Waals surface area contributed by atoms with Gasteiger partial charge >= 0.3 is 0 Å². The van der Waals surface area contributed by atoms with Crippen molar-refractivity contribution in [2.45, 2.75) is 44.7 Å². The normalized spacial score (nSPS) is 11.9. The number of hydrogen-bond acceptors (Lipinski definition) is 6. The van der Waals surface area contributed by atoms with Crippen molar-refractivity contribution < 1.29 is 27.5 Å². The van der Waals surface area contributed by atoms with Crippen molar-refractivity contribution >= 4 is 39.1 Å². The Bertz CT molecular complexity index is 1800. The molecule has 1 N–H and O–H groups in total. The van der Waals surface area contributed by atoms with Gasteiger partial charge in [-0.25, -0.2) is 8.42 Å². The van der Waals surface area contributed by atoms with Crippen molar-refractivity contribution in [1.82, 2.24) is 10.2 Å². The van der Waals surface area contributed by atoms with Gasteiger partial charge in [-0.1, -0.05) is 85.6 Å². The first-order valence-electron chi connectivity index (χ1n) is 15.6. The molecule has 254 valence electrons. The van der Waals surface area contributed by atoms with Crippen LogP contribution in [-0.4, -0.2) is 58.5 Å². The highest BCUT2D eigenvalue weighted by atomic mass is 35.5. The minimum atomic E-state index is -4.28.